The van der Waals surface area contributed by atoms with E-state index in [4.69, 9.17) is 11.6 Å². The van der Waals surface area contributed by atoms with E-state index >= 15 is 0 Å². The molecule has 0 bridgehead atoms. The van der Waals surface area contributed by atoms with Gasteiger partial charge in [0.05, 0.1) is 11.0 Å². The average molecular weight is 258 g/mol. The van der Waals surface area contributed by atoms with Crippen LogP contribution in [0.3, 0.4) is 0 Å². The van der Waals surface area contributed by atoms with Gasteiger partial charge < -0.3 is 4.98 Å². The first-order valence-electron chi connectivity index (χ1n) is 5.35. The molecule has 1 aromatic carbocycles. The molecule has 0 spiro atoms. The quantitative estimate of drug-likeness (QED) is 0.567. The fraction of sp³-hybridized carbons (Fsp3) is 0. The van der Waals surface area contributed by atoms with Crippen molar-refractivity contribution < 1.29 is 4.79 Å². The fourth-order valence-electron chi connectivity index (χ4n) is 1.74. The van der Waals surface area contributed by atoms with Crippen molar-refractivity contribution in [1.29, 1.82) is 0 Å². The summed E-state index contributed by atoms with van der Waals surface area (Å²) in [5.41, 5.74) is 2.07. The Bertz CT molecular complexity index is 703. The van der Waals surface area contributed by atoms with Gasteiger partial charge in [0.15, 0.2) is 5.82 Å². The Kier molecular flexibility index (Phi) is 2.57. The van der Waals surface area contributed by atoms with Crippen LogP contribution in [0.25, 0.3) is 11.0 Å². The third-order valence-electron chi connectivity index (χ3n) is 2.59. The number of rotatable bonds is 2. The monoisotopic (exact) mass is 257 g/mol. The zero-order valence-corrected chi connectivity index (χ0v) is 9.98. The van der Waals surface area contributed by atoms with Gasteiger partial charge in [0, 0.05) is 11.8 Å². The highest BCUT2D eigenvalue weighted by Crippen LogP contribution is 2.15. The predicted octanol–water partition coefficient (Wildman–Crippen LogP) is 2.84. The number of H-pyrrole nitrogens is 1. The fourth-order valence-corrected chi connectivity index (χ4v) is 1.91. The lowest BCUT2D eigenvalue weighted by Gasteiger charge is -1.96. The Morgan fingerprint density at radius 3 is 2.83 bits per heavy atom. The average Bonchev–Trinajstić information content (AvgIpc) is 2.81. The van der Waals surface area contributed by atoms with Gasteiger partial charge in [-0.2, -0.15) is 0 Å². The second-order valence-electron chi connectivity index (χ2n) is 3.80. The van der Waals surface area contributed by atoms with Crippen molar-refractivity contribution in [2.24, 2.45) is 0 Å². The zero-order valence-electron chi connectivity index (χ0n) is 9.22. The lowest BCUT2D eigenvalue weighted by Crippen LogP contribution is -2.03. The molecule has 0 aliphatic carbocycles. The molecule has 0 atom stereocenters. The lowest BCUT2D eigenvalue weighted by atomic mass is 10.2. The highest BCUT2D eigenvalue weighted by molar-refractivity contribution is 6.29. The Hall–Kier alpha value is -2.20. The molecule has 0 amide bonds. The molecular weight excluding hydrogens is 250 g/mol. The van der Waals surface area contributed by atoms with Gasteiger partial charge in [0.25, 0.3) is 0 Å². The summed E-state index contributed by atoms with van der Waals surface area (Å²) < 4.78 is 0. The van der Waals surface area contributed by atoms with E-state index in [2.05, 4.69) is 15.0 Å². The smallest absolute Gasteiger partial charge is 0.228 e. The van der Waals surface area contributed by atoms with Crippen molar-refractivity contribution in [3.05, 3.63) is 59.1 Å². The van der Waals surface area contributed by atoms with Crippen LogP contribution in [0, 0.1) is 0 Å². The number of hydrogen-bond donors (Lipinski definition) is 1. The lowest BCUT2D eigenvalue weighted by molar-refractivity contribution is 0.103. The van der Waals surface area contributed by atoms with Crippen LogP contribution in [0.4, 0.5) is 0 Å². The summed E-state index contributed by atoms with van der Waals surface area (Å²) in [5.74, 6) is 0.106. The van der Waals surface area contributed by atoms with Crippen LogP contribution in [-0.4, -0.2) is 20.7 Å². The first kappa shape index (κ1) is 10.9. The van der Waals surface area contributed by atoms with Crippen molar-refractivity contribution in [3.63, 3.8) is 0 Å². The minimum atomic E-state index is -0.199. The summed E-state index contributed by atoms with van der Waals surface area (Å²) in [6.45, 7) is 0. The van der Waals surface area contributed by atoms with Crippen LogP contribution in [0.15, 0.2) is 42.6 Å². The van der Waals surface area contributed by atoms with E-state index in [9.17, 15) is 4.79 Å². The molecule has 0 aliphatic heterocycles. The summed E-state index contributed by atoms with van der Waals surface area (Å²) in [4.78, 5) is 23.3. The molecule has 88 valence electrons. The molecule has 0 unspecified atom stereocenters. The van der Waals surface area contributed by atoms with Gasteiger partial charge in [-0.05, 0) is 24.3 Å². The third kappa shape index (κ3) is 1.87. The van der Waals surface area contributed by atoms with Crippen molar-refractivity contribution in [2.75, 3.05) is 0 Å². The number of nitrogens with one attached hydrogen (secondary N) is 1. The standard InChI is InChI=1S/C13H8ClN3O/c14-11-7-8(5-6-15-11)12(18)13-16-9-3-1-2-4-10(9)17-13/h1-7H,(H,16,17). The minimum Gasteiger partial charge on any atom is -0.335 e. The first-order chi connectivity index (χ1) is 8.74. The molecule has 18 heavy (non-hydrogen) atoms. The van der Waals surface area contributed by atoms with Gasteiger partial charge >= 0.3 is 0 Å². The van der Waals surface area contributed by atoms with E-state index in [1.165, 1.54) is 12.3 Å². The molecule has 0 saturated carbocycles. The van der Waals surface area contributed by atoms with Crippen LogP contribution >= 0.6 is 11.6 Å². The van der Waals surface area contributed by atoms with Crippen LogP contribution < -0.4 is 0 Å². The van der Waals surface area contributed by atoms with Gasteiger partial charge in [-0.3, -0.25) is 4.79 Å². The molecule has 0 radical (unpaired) electrons. The SMILES string of the molecule is O=C(c1ccnc(Cl)c1)c1nc2ccccc2[nH]1. The van der Waals surface area contributed by atoms with Crippen molar-refractivity contribution in [3.8, 4) is 0 Å². The molecule has 0 fully saturated rings. The number of imidazole rings is 1. The summed E-state index contributed by atoms with van der Waals surface area (Å²) in [5, 5.41) is 0.289. The maximum Gasteiger partial charge on any atom is 0.228 e. The van der Waals surface area contributed by atoms with Crippen LogP contribution in [0.1, 0.15) is 16.2 Å². The number of pyridine rings is 1. The number of halogens is 1. The van der Waals surface area contributed by atoms with Gasteiger partial charge in [0.1, 0.15) is 5.15 Å². The topological polar surface area (TPSA) is 58.6 Å². The first-order valence-corrected chi connectivity index (χ1v) is 5.73. The van der Waals surface area contributed by atoms with E-state index in [1.807, 2.05) is 24.3 Å². The molecule has 3 aromatic rings. The summed E-state index contributed by atoms with van der Waals surface area (Å²) >= 11 is 5.76. The predicted molar refractivity (Wildman–Crippen MR) is 68.8 cm³/mol. The normalized spacial score (nSPS) is 10.7. The summed E-state index contributed by atoms with van der Waals surface area (Å²) in [6, 6.07) is 10.6. The molecule has 0 aliphatic rings. The molecule has 1 N–H and O–H groups in total. The number of nitrogens with zero attached hydrogens (tertiary/aromatic N) is 2. The van der Waals surface area contributed by atoms with Crippen LogP contribution in [-0.2, 0) is 0 Å². The van der Waals surface area contributed by atoms with Crippen molar-refractivity contribution >= 4 is 28.4 Å². The van der Waals surface area contributed by atoms with Crippen molar-refractivity contribution in [2.45, 2.75) is 0 Å². The number of para-hydroxylation sites is 2. The molecule has 3 rings (SSSR count). The minimum absolute atomic E-state index is 0.199. The van der Waals surface area contributed by atoms with E-state index in [1.54, 1.807) is 6.07 Å². The number of ketones is 1. The van der Waals surface area contributed by atoms with E-state index < -0.39 is 0 Å². The number of aromatic amines is 1. The molecule has 0 saturated heterocycles. The number of aromatic nitrogens is 3. The highest BCUT2D eigenvalue weighted by Gasteiger charge is 2.14. The number of hydrogen-bond acceptors (Lipinski definition) is 3. The summed E-state index contributed by atoms with van der Waals surface area (Å²) in [6.07, 6.45) is 1.50. The second kappa shape index (κ2) is 4.23. The van der Waals surface area contributed by atoms with Gasteiger partial charge in [0.2, 0.25) is 5.78 Å². The van der Waals surface area contributed by atoms with Crippen molar-refractivity contribution in [1.82, 2.24) is 15.0 Å². The third-order valence-corrected chi connectivity index (χ3v) is 2.80. The highest BCUT2D eigenvalue weighted by atomic mass is 35.5. The largest absolute Gasteiger partial charge is 0.335 e. The number of carbonyl (C=O) groups excluding carboxylic acids is 1. The molecule has 2 aromatic heterocycles. The van der Waals surface area contributed by atoms with E-state index in [-0.39, 0.29) is 10.9 Å². The van der Waals surface area contributed by atoms with Crippen LogP contribution in [0.5, 0.6) is 0 Å². The maximum absolute atomic E-state index is 12.2. The number of benzene rings is 1. The van der Waals surface area contributed by atoms with E-state index in [0.29, 0.717) is 11.4 Å². The molecule has 4 nitrogen and oxygen atoms in total. The molecule has 5 heteroatoms. The Labute approximate surface area is 108 Å². The Balaban J connectivity index is 2.06. The zero-order chi connectivity index (χ0) is 12.5. The van der Waals surface area contributed by atoms with E-state index in [0.717, 1.165) is 11.0 Å². The second-order valence-corrected chi connectivity index (χ2v) is 4.19. The molecular formula is C13H8ClN3O. The van der Waals surface area contributed by atoms with Crippen LogP contribution in [0.2, 0.25) is 5.15 Å². The van der Waals surface area contributed by atoms with Gasteiger partial charge in [-0.25, -0.2) is 9.97 Å². The Morgan fingerprint density at radius 1 is 1.22 bits per heavy atom. The summed E-state index contributed by atoms with van der Waals surface area (Å²) in [7, 11) is 0. The molecule has 2 heterocycles. The van der Waals surface area contributed by atoms with Gasteiger partial charge in [-0.15, -0.1) is 0 Å². The van der Waals surface area contributed by atoms with Gasteiger partial charge in [-0.1, -0.05) is 23.7 Å². The maximum atomic E-state index is 12.2. The number of carbonyl (C=O) groups is 1. The number of fused-ring (bicyclic) bond motifs is 1. The Morgan fingerprint density at radius 2 is 2.06 bits per heavy atom.